The van der Waals surface area contributed by atoms with Crippen molar-refractivity contribution in [2.45, 2.75) is 36.6 Å². The topological polar surface area (TPSA) is 149 Å². The fourth-order valence-electron chi connectivity index (χ4n) is 2.34. The molecule has 0 atom stereocenters. The van der Waals surface area contributed by atoms with Gasteiger partial charge in [-0.2, -0.15) is 4.99 Å². The second-order valence-corrected chi connectivity index (χ2v) is 6.82. The molecule has 0 heterocycles. The fourth-order valence-corrected chi connectivity index (χ4v) is 3.69. The SMILES string of the molecule is NC(N)=NC(N)=Nc1cccc(S(=O)(=O)NC2CCCC2)c1. The van der Waals surface area contributed by atoms with Gasteiger partial charge in [0.15, 0.2) is 5.96 Å². The number of sulfonamides is 1. The zero-order chi connectivity index (χ0) is 16.2. The molecule has 1 saturated carbocycles. The van der Waals surface area contributed by atoms with Crippen molar-refractivity contribution in [1.82, 2.24) is 4.72 Å². The minimum atomic E-state index is -3.57. The van der Waals surface area contributed by atoms with E-state index in [0.717, 1.165) is 25.7 Å². The number of aliphatic imine (C=N–C) groups is 2. The first-order valence-corrected chi connectivity index (χ1v) is 8.41. The Morgan fingerprint density at radius 3 is 2.50 bits per heavy atom. The van der Waals surface area contributed by atoms with Crippen LogP contribution < -0.4 is 21.9 Å². The average molecular weight is 324 g/mol. The van der Waals surface area contributed by atoms with Crippen LogP contribution in [0.4, 0.5) is 5.69 Å². The van der Waals surface area contributed by atoms with Crippen LogP contribution in [-0.4, -0.2) is 26.4 Å². The molecule has 0 radical (unpaired) electrons. The lowest BCUT2D eigenvalue weighted by atomic mass is 10.3. The summed E-state index contributed by atoms with van der Waals surface area (Å²) in [6, 6.07) is 6.14. The van der Waals surface area contributed by atoms with Crippen LogP contribution in [0.2, 0.25) is 0 Å². The van der Waals surface area contributed by atoms with Gasteiger partial charge in [-0.1, -0.05) is 18.9 Å². The number of guanidine groups is 2. The Kier molecular flexibility index (Phi) is 4.99. The molecule has 1 aromatic rings. The molecule has 0 bridgehead atoms. The third kappa shape index (κ3) is 4.43. The molecule has 1 aromatic carbocycles. The first kappa shape index (κ1) is 16.2. The van der Waals surface area contributed by atoms with Gasteiger partial charge in [-0.05, 0) is 31.0 Å². The Hall–Kier alpha value is -2.13. The second kappa shape index (κ2) is 6.75. The van der Waals surface area contributed by atoms with Crippen molar-refractivity contribution in [1.29, 1.82) is 0 Å². The van der Waals surface area contributed by atoms with E-state index in [1.54, 1.807) is 12.1 Å². The van der Waals surface area contributed by atoms with Gasteiger partial charge in [0.25, 0.3) is 0 Å². The number of nitrogens with two attached hydrogens (primary N) is 3. The van der Waals surface area contributed by atoms with Crippen molar-refractivity contribution < 1.29 is 8.42 Å². The molecule has 7 N–H and O–H groups in total. The van der Waals surface area contributed by atoms with Crippen molar-refractivity contribution in [3.63, 3.8) is 0 Å². The maximum absolute atomic E-state index is 12.3. The third-order valence-electron chi connectivity index (χ3n) is 3.29. The van der Waals surface area contributed by atoms with Crippen LogP contribution in [0.15, 0.2) is 39.1 Å². The standard InChI is InChI=1S/C13H20N6O2S/c14-12(15)18-13(16)17-10-6-3-7-11(8-10)22(20,21)19-9-4-1-2-5-9/h3,6-9,19H,1-2,4-5H2,(H6,14,15,16,17,18). The molecule has 8 nitrogen and oxygen atoms in total. The van der Waals surface area contributed by atoms with Crippen LogP contribution in [0.3, 0.4) is 0 Å². The van der Waals surface area contributed by atoms with E-state index in [1.165, 1.54) is 12.1 Å². The lowest BCUT2D eigenvalue weighted by molar-refractivity contribution is 0.552. The number of hydrogen-bond acceptors (Lipinski definition) is 3. The number of rotatable bonds is 4. The zero-order valence-electron chi connectivity index (χ0n) is 12.1. The molecule has 0 saturated heterocycles. The summed E-state index contributed by atoms with van der Waals surface area (Å²) < 4.78 is 27.4. The first-order chi connectivity index (χ1) is 10.4. The molecular weight excluding hydrogens is 304 g/mol. The predicted molar refractivity (Wildman–Crippen MR) is 86.1 cm³/mol. The molecule has 2 rings (SSSR count). The van der Waals surface area contributed by atoms with E-state index in [0.29, 0.717) is 5.69 Å². The van der Waals surface area contributed by atoms with E-state index < -0.39 is 10.0 Å². The number of nitrogens with one attached hydrogen (secondary N) is 1. The number of nitrogens with zero attached hydrogens (tertiary/aromatic N) is 2. The third-order valence-corrected chi connectivity index (χ3v) is 4.81. The molecular formula is C13H20N6O2S. The van der Waals surface area contributed by atoms with Gasteiger partial charge in [0, 0.05) is 6.04 Å². The number of benzene rings is 1. The van der Waals surface area contributed by atoms with Crippen molar-refractivity contribution >= 4 is 27.6 Å². The summed E-state index contributed by atoms with van der Waals surface area (Å²) >= 11 is 0. The Balaban J connectivity index is 2.22. The molecule has 1 aliphatic carbocycles. The summed E-state index contributed by atoms with van der Waals surface area (Å²) in [5.41, 5.74) is 16.3. The van der Waals surface area contributed by atoms with Gasteiger partial charge < -0.3 is 17.2 Å². The van der Waals surface area contributed by atoms with Gasteiger partial charge >= 0.3 is 0 Å². The number of hydrogen-bond donors (Lipinski definition) is 4. The van der Waals surface area contributed by atoms with Gasteiger partial charge in [0.05, 0.1) is 10.6 Å². The van der Waals surface area contributed by atoms with Crippen LogP contribution in [0, 0.1) is 0 Å². The molecule has 0 amide bonds. The predicted octanol–water partition coefficient (Wildman–Crippen LogP) is 0.127. The summed E-state index contributed by atoms with van der Waals surface area (Å²) in [6.07, 6.45) is 3.84. The van der Waals surface area contributed by atoms with Crippen LogP contribution in [0.25, 0.3) is 0 Å². The highest BCUT2D eigenvalue weighted by atomic mass is 32.2. The van der Waals surface area contributed by atoms with Crippen LogP contribution in [-0.2, 0) is 10.0 Å². The smallest absolute Gasteiger partial charge is 0.240 e. The molecule has 1 fully saturated rings. The van der Waals surface area contributed by atoms with Crippen LogP contribution in [0.1, 0.15) is 25.7 Å². The highest BCUT2D eigenvalue weighted by Gasteiger charge is 2.22. The van der Waals surface area contributed by atoms with E-state index in [9.17, 15) is 8.42 Å². The quantitative estimate of drug-likeness (QED) is 0.458. The van der Waals surface area contributed by atoms with E-state index in [2.05, 4.69) is 14.7 Å². The highest BCUT2D eigenvalue weighted by molar-refractivity contribution is 7.89. The van der Waals surface area contributed by atoms with Crippen LogP contribution >= 0.6 is 0 Å². The van der Waals surface area contributed by atoms with Crippen LogP contribution in [0.5, 0.6) is 0 Å². The molecule has 0 spiro atoms. The van der Waals surface area contributed by atoms with Gasteiger partial charge in [-0.3, -0.25) is 0 Å². The fraction of sp³-hybridized carbons (Fsp3) is 0.385. The monoisotopic (exact) mass is 324 g/mol. The Labute approximate surface area is 129 Å². The molecule has 120 valence electrons. The van der Waals surface area contributed by atoms with Crippen molar-refractivity contribution in [2.24, 2.45) is 27.2 Å². The first-order valence-electron chi connectivity index (χ1n) is 6.93. The highest BCUT2D eigenvalue weighted by Crippen LogP contribution is 2.22. The molecule has 22 heavy (non-hydrogen) atoms. The summed E-state index contributed by atoms with van der Waals surface area (Å²) in [5.74, 6) is -0.355. The molecule has 0 unspecified atom stereocenters. The van der Waals surface area contributed by atoms with Gasteiger partial charge in [0.1, 0.15) is 0 Å². The van der Waals surface area contributed by atoms with Gasteiger partial charge in [0.2, 0.25) is 16.0 Å². The minimum Gasteiger partial charge on any atom is -0.370 e. The summed E-state index contributed by atoms with van der Waals surface area (Å²) in [7, 11) is -3.57. The lowest BCUT2D eigenvalue weighted by Crippen LogP contribution is -2.32. The van der Waals surface area contributed by atoms with E-state index in [-0.39, 0.29) is 22.9 Å². The maximum atomic E-state index is 12.3. The van der Waals surface area contributed by atoms with E-state index in [4.69, 9.17) is 17.2 Å². The Bertz CT molecular complexity index is 688. The van der Waals surface area contributed by atoms with Gasteiger partial charge in [-0.15, -0.1) is 0 Å². The summed E-state index contributed by atoms with van der Waals surface area (Å²) in [5, 5.41) is 0. The zero-order valence-corrected chi connectivity index (χ0v) is 12.9. The molecule has 0 aliphatic heterocycles. The normalized spacial score (nSPS) is 16.6. The lowest BCUT2D eigenvalue weighted by Gasteiger charge is -2.12. The molecule has 9 heteroatoms. The minimum absolute atomic E-state index is 0.00358. The second-order valence-electron chi connectivity index (χ2n) is 5.11. The van der Waals surface area contributed by atoms with Gasteiger partial charge in [-0.25, -0.2) is 18.1 Å². The average Bonchev–Trinajstić information content (AvgIpc) is 2.90. The molecule has 0 aromatic heterocycles. The van der Waals surface area contributed by atoms with E-state index >= 15 is 0 Å². The Morgan fingerprint density at radius 1 is 1.18 bits per heavy atom. The summed E-state index contributed by atoms with van der Waals surface area (Å²) in [6.45, 7) is 0. The maximum Gasteiger partial charge on any atom is 0.240 e. The summed E-state index contributed by atoms with van der Waals surface area (Å²) in [4.78, 5) is 7.68. The molecule has 1 aliphatic rings. The largest absolute Gasteiger partial charge is 0.370 e. The van der Waals surface area contributed by atoms with E-state index in [1.807, 2.05) is 0 Å². The Morgan fingerprint density at radius 2 is 1.86 bits per heavy atom. The van der Waals surface area contributed by atoms with Crippen molar-refractivity contribution in [3.8, 4) is 0 Å². The van der Waals surface area contributed by atoms with Crippen molar-refractivity contribution in [2.75, 3.05) is 0 Å². The van der Waals surface area contributed by atoms with Crippen molar-refractivity contribution in [3.05, 3.63) is 24.3 Å².